The number of rotatable bonds is 5. The van der Waals surface area contributed by atoms with Crippen molar-refractivity contribution in [1.82, 2.24) is 14.5 Å². The minimum absolute atomic E-state index is 0. The molecular formula is C29H25ClN4O3. The number of imide groups is 1. The number of halogens is 1. The number of fused-ring (bicyclic) bond motifs is 2. The second kappa shape index (κ2) is 9.28. The molecule has 0 atom stereocenters. The predicted molar refractivity (Wildman–Crippen MR) is 147 cm³/mol. The predicted octanol–water partition coefficient (Wildman–Crippen LogP) is 4.33. The summed E-state index contributed by atoms with van der Waals surface area (Å²) in [5.74, 6) is -0.652. The van der Waals surface area contributed by atoms with Crippen LogP contribution in [0, 0.1) is 0 Å². The summed E-state index contributed by atoms with van der Waals surface area (Å²) in [6.07, 6.45) is 3.79. The Morgan fingerprint density at radius 3 is 2.08 bits per heavy atom. The fraction of sp³-hybridized carbons (Fsp3) is 0.103. The van der Waals surface area contributed by atoms with E-state index in [-0.39, 0.29) is 18.2 Å². The van der Waals surface area contributed by atoms with Crippen LogP contribution in [0.3, 0.4) is 0 Å². The van der Waals surface area contributed by atoms with E-state index in [2.05, 4.69) is 5.32 Å². The van der Waals surface area contributed by atoms with Gasteiger partial charge in [-0.05, 0) is 23.8 Å². The minimum atomic E-state index is -0.416. The number of carbonyl (C=O) groups excluding carboxylic acids is 2. The molecule has 0 saturated carbocycles. The third-order valence-corrected chi connectivity index (χ3v) is 6.88. The molecule has 0 unspecified atom stereocenters. The van der Waals surface area contributed by atoms with E-state index in [1.807, 2.05) is 89.2 Å². The number of hydrogen-bond acceptors (Lipinski definition) is 4. The quantitative estimate of drug-likeness (QED) is 0.305. The zero-order chi connectivity index (χ0) is 25.0. The van der Waals surface area contributed by atoms with Gasteiger partial charge in [-0.15, -0.1) is 12.4 Å². The summed E-state index contributed by atoms with van der Waals surface area (Å²) in [4.78, 5) is 26.3. The first-order valence-corrected chi connectivity index (χ1v) is 11.7. The van der Waals surface area contributed by atoms with Crippen molar-refractivity contribution in [3.63, 3.8) is 0 Å². The molecule has 0 saturated heterocycles. The Bertz CT molecular complexity index is 1750. The van der Waals surface area contributed by atoms with Crippen LogP contribution in [0.5, 0.6) is 5.75 Å². The van der Waals surface area contributed by atoms with Crippen LogP contribution >= 0.6 is 12.4 Å². The summed E-state index contributed by atoms with van der Waals surface area (Å²) in [5.41, 5.74) is 11.3. The average molecular weight is 513 g/mol. The van der Waals surface area contributed by atoms with Crippen molar-refractivity contribution in [2.24, 2.45) is 12.8 Å². The molecule has 1 aliphatic rings. The van der Waals surface area contributed by atoms with Gasteiger partial charge >= 0.3 is 0 Å². The molecule has 1 aliphatic heterocycles. The molecule has 6 rings (SSSR count). The molecule has 0 aliphatic carbocycles. The van der Waals surface area contributed by atoms with E-state index in [4.69, 9.17) is 5.73 Å². The van der Waals surface area contributed by atoms with E-state index >= 15 is 0 Å². The van der Waals surface area contributed by atoms with Gasteiger partial charge in [-0.25, -0.2) is 0 Å². The van der Waals surface area contributed by atoms with Gasteiger partial charge in [-0.3, -0.25) is 14.9 Å². The minimum Gasteiger partial charge on any atom is -0.508 e. The molecule has 186 valence electrons. The monoisotopic (exact) mass is 512 g/mol. The summed E-state index contributed by atoms with van der Waals surface area (Å²) in [7, 11) is 1.93. The van der Waals surface area contributed by atoms with Crippen LogP contribution < -0.4 is 11.1 Å². The van der Waals surface area contributed by atoms with Gasteiger partial charge in [0.05, 0.1) is 17.7 Å². The number of nitrogens with two attached hydrogens (primary N) is 1. The van der Waals surface area contributed by atoms with Crippen LogP contribution in [0.15, 0.2) is 79.1 Å². The standard InChI is InChI=1S/C29H24N4O3.ClH/c1-32-15-21(19-6-2-4-8-23(19)32)26-27(29(36)31-28(26)35)22-16-33(24-9-5-3-7-20(22)24)14-18-11-10-17(13-30)12-25(18)34;/h2-12,15-16,34H,13-14,30H2,1H3,(H,31,35,36);1H. The molecule has 4 N–H and O–H groups in total. The number of phenolic OH excluding ortho intramolecular Hbond substituents is 1. The number of carbonyl (C=O) groups is 2. The first-order valence-electron chi connectivity index (χ1n) is 11.7. The molecule has 8 heteroatoms. The van der Waals surface area contributed by atoms with Crippen LogP contribution in [-0.2, 0) is 29.7 Å². The third-order valence-electron chi connectivity index (χ3n) is 6.88. The van der Waals surface area contributed by atoms with Crippen LogP contribution in [0.2, 0.25) is 0 Å². The van der Waals surface area contributed by atoms with Gasteiger partial charge in [0, 0.05) is 64.5 Å². The number of benzene rings is 3. The first kappa shape index (κ1) is 24.4. The van der Waals surface area contributed by atoms with Gasteiger partial charge < -0.3 is 20.0 Å². The normalized spacial score (nSPS) is 13.5. The smallest absolute Gasteiger partial charge is 0.259 e. The van der Waals surface area contributed by atoms with Crippen molar-refractivity contribution in [3.8, 4) is 5.75 Å². The number of para-hydroxylation sites is 2. The number of amides is 2. The summed E-state index contributed by atoms with van der Waals surface area (Å²) >= 11 is 0. The van der Waals surface area contributed by atoms with Gasteiger partial charge in [-0.1, -0.05) is 48.5 Å². The van der Waals surface area contributed by atoms with Crippen molar-refractivity contribution >= 4 is 57.2 Å². The average Bonchev–Trinajstić information content (AvgIpc) is 3.51. The van der Waals surface area contributed by atoms with Crippen LogP contribution in [0.4, 0.5) is 0 Å². The van der Waals surface area contributed by atoms with Crippen molar-refractivity contribution in [3.05, 3.63) is 101 Å². The van der Waals surface area contributed by atoms with Crippen molar-refractivity contribution in [1.29, 1.82) is 0 Å². The lowest BCUT2D eigenvalue weighted by Gasteiger charge is -2.09. The fourth-order valence-electron chi connectivity index (χ4n) is 5.14. The lowest BCUT2D eigenvalue weighted by Crippen LogP contribution is -2.22. The third kappa shape index (κ3) is 3.89. The molecule has 37 heavy (non-hydrogen) atoms. The lowest BCUT2D eigenvalue weighted by molar-refractivity contribution is -0.122. The van der Waals surface area contributed by atoms with E-state index in [0.717, 1.165) is 38.5 Å². The summed E-state index contributed by atoms with van der Waals surface area (Å²) < 4.78 is 3.95. The first-order chi connectivity index (χ1) is 17.5. The second-order valence-corrected chi connectivity index (χ2v) is 9.06. The highest BCUT2D eigenvalue weighted by Gasteiger charge is 2.35. The Morgan fingerprint density at radius 2 is 1.43 bits per heavy atom. The second-order valence-electron chi connectivity index (χ2n) is 9.06. The highest BCUT2D eigenvalue weighted by Crippen LogP contribution is 2.39. The number of aromatic nitrogens is 2. The molecule has 3 heterocycles. The summed E-state index contributed by atoms with van der Waals surface area (Å²) in [6.45, 7) is 0.738. The maximum atomic E-state index is 13.2. The molecular weight excluding hydrogens is 488 g/mol. The van der Waals surface area contributed by atoms with Gasteiger partial charge in [0.25, 0.3) is 11.8 Å². The van der Waals surface area contributed by atoms with E-state index in [1.54, 1.807) is 6.07 Å². The maximum absolute atomic E-state index is 13.2. The van der Waals surface area contributed by atoms with Gasteiger partial charge in [-0.2, -0.15) is 0 Å². The van der Waals surface area contributed by atoms with E-state index in [1.165, 1.54) is 0 Å². The van der Waals surface area contributed by atoms with Crippen molar-refractivity contribution in [2.45, 2.75) is 13.1 Å². The zero-order valence-corrected chi connectivity index (χ0v) is 20.9. The van der Waals surface area contributed by atoms with Gasteiger partial charge in [0.1, 0.15) is 5.75 Å². The largest absolute Gasteiger partial charge is 0.508 e. The van der Waals surface area contributed by atoms with Crippen molar-refractivity contribution < 1.29 is 14.7 Å². The Labute approximate surface area is 219 Å². The highest BCUT2D eigenvalue weighted by atomic mass is 35.5. The van der Waals surface area contributed by atoms with E-state index in [9.17, 15) is 14.7 Å². The topological polar surface area (TPSA) is 102 Å². The Kier molecular flexibility index (Phi) is 6.11. The molecule has 3 aromatic carbocycles. The zero-order valence-electron chi connectivity index (χ0n) is 20.1. The molecule has 0 bridgehead atoms. The number of aromatic hydroxyl groups is 1. The molecule has 0 fully saturated rings. The number of nitrogens with zero attached hydrogens (tertiary/aromatic N) is 2. The highest BCUT2D eigenvalue weighted by molar-refractivity contribution is 6.50. The number of nitrogens with one attached hydrogen (secondary N) is 1. The SMILES string of the molecule is Cl.Cn1cc(C2=C(c3cn(Cc4ccc(CN)cc4O)c4ccccc34)C(=O)NC2=O)c2ccccc21. The number of aryl methyl sites for hydroxylation is 1. The molecule has 0 radical (unpaired) electrons. The Balaban J connectivity index is 0.00000280. The van der Waals surface area contributed by atoms with Gasteiger partial charge in [0.2, 0.25) is 0 Å². The van der Waals surface area contributed by atoms with Crippen LogP contribution in [-0.4, -0.2) is 26.1 Å². The summed E-state index contributed by atoms with van der Waals surface area (Å²) in [6, 6.07) is 21.0. The Morgan fingerprint density at radius 1 is 0.838 bits per heavy atom. The molecule has 2 amide bonds. The van der Waals surface area contributed by atoms with Crippen molar-refractivity contribution in [2.75, 3.05) is 0 Å². The van der Waals surface area contributed by atoms with Crippen LogP contribution in [0.25, 0.3) is 33.0 Å². The maximum Gasteiger partial charge on any atom is 0.259 e. The lowest BCUT2D eigenvalue weighted by atomic mass is 9.95. The fourth-order valence-corrected chi connectivity index (χ4v) is 5.14. The molecule has 2 aromatic heterocycles. The number of hydrogen-bond donors (Lipinski definition) is 3. The molecule has 0 spiro atoms. The molecule has 5 aromatic rings. The summed E-state index contributed by atoms with van der Waals surface area (Å²) in [5, 5.41) is 14.8. The molecule has 7 nitrogen and oxygen atoms in total. The number of phenols is 1. The van der Waals surface area contributed by atoms with E-state index < -0.39 is 11.8 Å². The van der Waals surface area contributed by atoms with Crippen LogP contribution in [0.1, 0.15) is 22.3 Å². The van der Waals surface area contributed by atoms with Gasteiger partial charge in [0.15, 0.2) is 0 Å². The Hall–Kier alpha value is -4.33. The van der Waals surface area contributed by atoms with E-state index in [0.29, 0.717) is 29.8 Å².